The van der Waals surface area contributed by atoms with Gasteiger partial charge in [0.25, 0.3) is 0 Å². The molecule has 0 aliphatic carbocycles. The minimum absolute atomic E-state index is 0.773. The fourth-order valence-corrected chi connectivity index (χ4v) is 0.555. The molecule has 0 spiro atoms. The molecule has 0 saturated carbocycles. The maximum Gasteiger partial charge on any atom is 0.0585 e. The van der Waals surface area contributed by atoms with E-state index in [1.807, 2.05) is 0 Å². The molecule has 0 atom stereocenters. The van der Waals surface area contributed by atoms with E-state index in [2.05, 4.69) is 42.3 Å². The molecule has 0 saturated heterocycles. The lowest BCUT2D eigenvalue weighted by atomic mass is 10.3. The lowest BCUT2D eigenvalue weighted by Gasteiger charge is -1.86. The fraction of sp³-hybridized carbons (Fsp3) is 0.571. The number of hydrogen-bond donors (Lipinski definition) is 0. The zero-order valence-corrected chi connectivity index (χ0v) is 6.66. The number of hydrogen-bond acceptors (Lipinski definition) is 2. The molecule has 0 bridgehead atoms. The minimum atomic E-state index is 0.773. The molecular weight excluding hydrogens is 130 g/mol. The molecule has 50 valence electrons. The number of rotatable bonds is 3. The van der Waals surface area contributed by atoms with E-state index in [4.69, 9.17) is 0 Å². The third-order valence-electron chi connectivity index (χ3n) is 0.858. The molecular formula is C7H11NS. The van der Waals surface area contributed by atoms with Crippen molar-refractivity contribution in [1.82, 2.24) is 0 Å². The van der Waals surface area contributed by atoms with Crippen molar-refractivity contribution in [2.45, 2.75) is 20.3 Å². The van der Waals surface area contributed by atoms with Crippen LogP contribution in [0.3, 0.4) is 0 Å². The summed E-state index contributed by atoms with van der Waals surface area (Å²) in [6.07, 6.45) is 3.11. The second kappa shape index (κ2) is 5.67. The van der Waals surface area contributed by atoms with E-state index in [9.17, 15) is 0 Å². The van der Waals surface area contributed by atoms with E-state index in [1.165, 1.54) is 5.57 Å². The van der Waals surface area contributed by atoms with E-state index < -0.39 is 0 Å². The molecule has 0 N–H and O–H groups in total. The molecule has 0 aromatic carbocycles. The molecule has 1 nitrogen and oxygen atoms in total. The number of aliphatic imine (C=N–C) groups is 1. The number of nitrogens with zero attached hydrogens (tertiary/aromatic N) is 1. The van der Waals surface area contributed by atoms with Crippen LogP contribution >= 0.6 is 12.2 Å². The average Bonchev–Trinajstić information content (AvgIpc) is 1.80. The molecule has 0 aliphatic heterocycles. The van der Waals surface area contributed by atoms with E-state index in [-0.39, 0.29) is 0 Å². The van der Waals surface area contributed by atoms with Crippen molar-refractivity contribution in [2.75, 3.05) is 6.54 Å². The Hall–Kier alpha value is -0.460. The summed E-state index contributed by atoms with van der Waals surface area (Å²) in [7, 11) is 0. The van der Waals surface area contributed by atoms with Gasteiger partial charge in [-0.25, -0.2) is 4.99 Å². The first-order valence-corrected chi connectivity index (χ1v) is 3.35. The van der Waals surface area contributed by atoms with Crippen molar-refractivity contribution in [2.24, 2.45) is 4.99 Å². The van der Waals surface area contributed by atoms with Crippen LogP contribution in [-0.2, 0) is 0 Å². The maximum absolute atomic E-state index is 4.39. The van der Waals surface area contributed by atoms with Gasteiger partial charge in [-0.1, -0.05) is 11.6 Å². The van der Waals surface area contributed by atoms with Crippen LogP contribution in [0, 0.1) is 0 Å². The quantitative estimate of drug-likeness (QED) is 0.254. The molecule has 0 amide bonds. The van der Waals surface area contributed by atoms with E-state index in [1.54, 1.807) is 0 Å². The lowest BCUT2D eigenvalue weighted by molar-refractivity contribution is 1.00. The topological polar surface area (TPSA) is 12.4 Å². The largest absolute Gasteiger partial charge is 0.232 e. The van der Waals surface area contributed by atoms with Gasteiger partial charge in [0.05, 0.1) is 11.7 Å². The van der Waals surface area contributed by atoms with Crippen LogP contribution in [-0.4, -0.2) is 11.7 Å². The predicted molar refractivity (Wildman–Crippen MR) is 43.9 cm³/mol. The van der Waals surface area contributed by atoms with Crippen LogP contribution < -0.4 is 0 Å². The number of thiocarbonyl (C=S) groups is 1. The van der Waals surface area contributed by atoms with Crippen LogP contribution in [0.5, 0.6) is 0 Å². The average molecular weight is 141 g/mol. The van der Waals surface area contributed by atoms with Crippen molar-refractivity contribution in [3.63, 3.8) is 0 Å². The van der Waals surface area contributed by atoms with Crippen molar-refractivity contribution in [3.05, 3.63) is 11.6 Å². The Morgan fingerprint density at radius 1 is 1.67 bits per heavy atom. The second-order valence-corrected chi connectivity index (χ2v) is 2.23. The smallest absolute Gasteiger partial charge is 0.0585 e. The molecule has 2 heteroatoms. The summed E-state index contributed by atoms with van der Waals surface area (Å²) in [5.74, 6) is 0. The van der Waals surface area contributed by atoms with Crippen LogP contribution in [0.4, 0.5) is 0 Å². The summed E-state index contributed by atoms with van der Waals surface area (Å²) >= 11 is 4.39. The third-order valence-corrected chi connectivity index (χ3v) is 0.987. The summed E-state index contributed by atoms with van der Waals surface area (Å²) in [5.41, 5.74) is 1.33. The maximum atomic E-state index is 4.39. The summed E-state index contributed by atoms with van der Waals surface area (Å²) in [4.78, 5) is 3.76. The summed E-state index contributed by atoms with van der Waals surface area (Å²) in [6, 6.07) is 0. The molecule has 0 rings (SSSR count). The highest BCUT2D eigenvalue weighted by molar-refractivity contribution is 7.78. The zero-order chi connectivity index (χ0) is 7.11. The molecule has 0 aromatic rings. The molecule has 9 heavy (non-hydrogen) atoms. The monoisotopic (exact) mass is 141 g/mol. The number of isothiocyanates is 1. The van der Waals surface area contributed by atoms with Gasteiger partial charge in [-0.3, -0.25) is 0 Å². The summed E-state index contributed by atoms with van der Waals surface area (Å²) < 4.78 is 0. The highest BCUT2D eigenvalue weighted by Gasteiger charge is 1.76. The first-order valence-electron chi connectivity index (χ1n) is 2.94. The van der Waals surface area contributed by atoms with E-state index >= 15 is 0 Å². The van der Waals surface area contributed by atoms with Crippen LogP contribution in [0.25, 0.3) is 0 Å². The van der Waals surface area contributed by atoms with Crippen molar-refractivity contribution < 1.29 is 0 Å². The highest BCUT2D eigenvalue weighted by atomic mass is 32.1. The van der Waals surface area contributed by atoms with Gasteiger partial charge in [-0.05, 0) is 32.5 Å². The van der Waals surface area contributed by atoms with Gasteiger partial charge in [0.2, 0.25) is 0 Å². The molecule has 0 fully saturated rings. The third kappa shape index (κ3) is 7.54. The van der Waals surface area contributed by atoms with Gasteiger partial charge < -0.3 is 0 Å². The van der Waals surface area contributed by atoms with Crippen molar-refractivity contribution >= 4 is 17.4 Å². The van der Waals surface area contributed by atoms with Gasteiger partial charge in [0.1, 0.15) is 0 Å². The van der Waals surface area contributed by atoms with Crippen LogP contribution in [0.1, 0.15) is 20.3 Å². The van der Waals surface area contributed by atoms with Gasteiger partial charge in [-0.15, -0.1) is 0 Å². The first kappa shape index (κ1) is 8.54. The standard InChI is InChI=1S/C7H11NS/c1-7(2)4-3-5-8-6-9/h4H,3,5H2,1-2H3. The predicted octanol–water partition coefficient (Wildman–Crippen LogP) is 2.45. The van der Waals surface area contributed by atoms with Gasteiger partial charge in [-0.2, -0.15) is 0 Å². The Kier molecular flexibility index (Phi) is 5.38. The number of allylic oxidation sites excluding steroid dienone is 1. The Balaban J connectivity index is 3.30. The van der Waals surface area contributed by atoms with Gasteiger partial charge in [0, 0.05) is 0 Å². The Bertz CT molecular complexity index is 139. The Morgan fingerprint density at radius 3 is 2.78 bits per heavy atom. The van der Waals surface area contributed by atoms with E-state index in [0.717, 1.165) is 13.0 Å². The SMILES string of the molecule is CC(C)=CCCN=C=S. The van der Waals surface area contributed by atoms with E-state index in [0.29, 0.717) is 0 Å². The molecule has 0 aromatic heterocycles. The normalized spacial score (nSPS) is 7.78. The van der Waals surface area contributed by atoms with Gasteiger partial charge in [0.15, 0.2) is 0 Å². The fourth-order valence-electron chi connectivity index (χ4n) is 0.463. The Morgan fingerprint density at radius 2 is 2.33 bits per heavy atom. The minimum Gasteiger partial charge on any atom is -0.232 e. The molecule has 0 aliphatic rings. The Labute approximate surface area is 61.5 Å². The van der Waals surface area contributed by atoms with Crippen molar-refractivity contribution in [1.29, 1.82) is 0 Å². The van der Waals surface area contributed by atoms with Gasteiger partial charge >= 0.3 is 0 Å². The molecule has 0 unspecified atom stereocenters. The summed E-state index contributed by atoms with van der Waals surface area (Å²) in [5, 5.41) is 2.32. The zero-order valence-electron chi connectivity index (χ0n) is 5.85. The highest BCUT2D eigenvalue weighted by Crippen LogP contribution is 1.91. The van der Waals surface area contributed by atoms with Crippen LogP contribution in [0.2, 0.25) is 0 Å². The summed E-state index contributed by atoms with van der Waals surface area (Å²) in [6.45, 7) is 4.91. The molecule has 0 heterocycles. The first-order chi connectivity index (χ1) is 4.27. The van der Waals surface area contributed by atoms with Crippen LogP contribution in [0.15, 0.2) is 16.6 Å². The molecule has 0 radical (unpaired) electrons. The second-order valence-electron chi connectivity index (χ2n) is 2.04. The lowest BCUT2D eigenvalue weighted by Crippen LogP contribution is -1.74. The van der Waals surface area contributed by atoms with Crippen molar-refractivity contribution in [3.8, 4) is 0 Å².